The van der Waals surface area contributed by atoms with Gasteiger partial charge in [0.2, 0.25) is 0 Å². The molecular weight excluding hydrogens is 398 g/mol. The number of rotatable bonds is 3. The molecule has 0 aromatic heterocycles. The first-order valence-electron chi connectivity index (χ1n) is 13.0. The number of carbonyl (C=O) groups is 2. The van der Waals surface area contributed by atoms with Crippen molar-refractivity contribution in [3.05, 3.63) is 22.8 Å². The lowest BCUT2D eigenvalue weighted by Gasteiger charge is -2.56. The van der Waals surface area contributed by atoms with E-state index in [1.54, 1.807) is 12.5 Å². The molecule has 0 saturated heterocycles. The first-order valence-corrected chi connectivity index (χ1v) is 13.0. The van der Waals surface area contributed by atoms with Crippen LogP contribution in [0.1, 0.15) is 84.5 Å². The van der Waals surface area contributed by atoms with Crippen LogP contribution in [0.15, 0.2) is 22.8 Å². The summed E-state index contributed by atoms with van der Waals surface area (Å²) in [5.74, 6) is 2.18. The molecule has 0 aromatic rings. The number of Topliss-reactive ketones (excluding diaryl/α,β-unsaturated/α-hetero) is 1. The summed E-state index contributed by atoms with van der Waals surface area (Å²) in [6.45, 7) is 3.84. The average molecular weight is 440 g/mol. The van der Waals surface area contributed by atoms with Gasteiger partial charge < -0.3 is 10.0 Å². The Labute approximate surface area is 193 Å². The van der Waals surface area contributed by atoms with Gasteiger partial charge in [-0.3, -0.25) is 9.59 Å². The molecule has 0 aromatic carbocycles. The van der Waals surface area contributed by atoms with E-state index in [0.29, 0.717) is 48.3 Å². The fourth-order valence-corrected chi connectivity index (χ4v) is 8.75. The highest BCUT2D eigenvalue weighted by Gasteiger charge is 2.65. The molecule has 0 amide bonds. The van der Waals surface area contributed by atoms with E-state index in [0.717, 1.165) is 32.1 Å². The standard InChI is InChI=1S/C28H41NO3/c1-17(30)28(32)14-13-25-23-11-7-19-15-21(31)10-12-22(19)26(23)24(16-27(25,28)2)18-5-8-20(9-6-18)29(3)4/h15,18,20,23-25,32H,5-14,16H2,1-4H3/t18?,20?,23?,24?,25?,27-,28-/m0/s1. The van der Waals surface area contributed by atoms with Crippen molar-refractivity contribution in [2.24, 2.45) is 29.1 Å². The van der Waals surface area contributed by atoms with E-state index in [1.165, 1.54) is 36.8 Å². The van der Waals surface area contributed by atoms with Crippen LogP contribution >= 0.6 is 0 Å². The Hall–Kier alpha value is -1.26. The number of carbonyl (C=O) groups excluding carboxylic acids is 2. The third-order valence-corrected chi connectivity index (χ3v) is 10.5. The summed E-state index contributed by atoms with van der Waals surface area (Å²) in [6, 6.07) is 0.668. The van der Waals surface area contributed by atoms with Gasteiger partial charge in [-0.1, -0.05) is 12.5 Å². The maximum Gasteiger partial charge on any atom is 0.161 e. The zero-order valence-electron chi connectivity index (χ0n) is 20.5. The molecule has 0 spiro atoms. The molecule has 1 N–H and O–H groups in total. The highest BCUT2D eigenvalue weighted by molar-refractivity contribution is 5.93. The van der Waals surface area contributed by atoms with Gasteiger partial charge in [0.25, 0.3) is 0 Å². The SMILES string of the molecule is CC(=O)[C@@]1(O)CCC2C3CCC4=CC(=O)CCC4=C3C(C3CCC(N(C)C)CC3)C[C@@]21C. The second-order valence-corrected chi connectivity index (χ2v) is 12.0. The van der Waals surface area contributed by atoms with Crippen molar-refractivity contribution in [2.45, 2.75) is 96.1 Å². The zero-order valence-corrected chi connectivity index (χ0v) is 20.5. The number of allylic oxidation sites excluding steroid dienone is 4. The van der Waals surface area contributed by atoms with Crippen molar-refractivity contribution >= 4 is 11.6 Å². The summed E-state index contributed by atoms with van der Waals surface area (Å²) in [6.07, 6.45) is 13.0. The maximum absolute atomic E-state index is 12.7. The van der Waals surface area contributed by atoms with E-state index in [1.807, 2.05) is 6.08 Å². The van der Waals surface area contributed by atoms with Crippen LogP contribution in [0.5, 0.6) is 0 Å². The maximum atomic E-state index is 12.7. The molecule has 3 saturated carbocycles. The van der Waals surface area contributed by atoms with Crippen molar-refractivity contribution < 1.29 is 14.7 Å². The average Bonchev–Trinajstić information content (AvgIpc) is 3.04. The van der Waals surface area contributed by atoms with Gasteiger partial charge in [0.1, 0.15) is 5.60 Å². The fraction of sp³-hybridized carbons (Fsp3) is 0.786. The van der Waals surface area contributed by atoms with Crippen molar-refractivity contribution in [3.63, 3.8) is 0 Å². The van der Waals surface area contributed by atoms with E-state index in [-0.39, 0.29) is 11.2 Å². The lowest BCUT2D eigenvalue weighted by Crippen LogP contribution is -2.56. The Morgan fingerprint density at radius 3 is 2.41 bits per heavy atom. The van der Waals surface area contributed by atoms with Crippen molar-refractivity contribution in [1.82, 2.24) is 4.90 Å². The van der Waals surface area contributed by atoms with Crippen LogP contribution in [0.3, 0.4) is 0 Å². The van der Waals surface area contributed by atoms with Gasteiger partial charge in [-0.2, -0.15) is 0 Å². The summed E-state index contributed by atoms with van der Waals surface area (Å²) in [5, 5.41) is 11.7. The third-order valence-electron chi connectivity index (χ3n) is 10.5. The van der Waals surface area contributed by atoms with Gasteiger partial charge in [0, 0.05) is 17.9 Å². The molecule has 0 radical (unpaired) electrons. The molecular formula is C28H41NO3. The Morgan fingerprint density at radius 2 is 1.75 bits per heavy atom. The smallest absolute Gasteiger partial charge is 0.161 e. The van der Waals surface area contributed by atoms with Gasteiger partial charge >= 0.3 is 0 Å². The van der Waals surface area contributed by atoms with Crippen LogP contribution in [0, 0.1) is 29.1 Å². The number of aliphatic hydroxyl groups is 1. The monoisotopic (exact) mass is 439 g/mol. The summed E-state index contributed by atoms with van der Waals surface area (Å²) in [7, 11) is 4.39. The van der Waals surface area contributed by atoms with Crippen LogP contribution in [0.25, 0.3) is 0 Å². The minimum absolute atomic E-state index is 0.0340. The minimum Gasteiger partial charge on any atom is -0.382 e. The molecule has 5 atom stereocenters. The number of fused-ring (bicyclic) bond motifs is 4. The molecule has 0 heterocycles. The van der Waals surface area contributed by atoms with Crippen LogP contribution < -0.4 is 0 Å². The van der Waals surface area contributed by atoms with Crippen molar-refractivity contribution in [1.29, 1.82) is 0 Å². The highest BCUT2D eigenvalue weighted by atomic mass is 16.3. The molecule has 5 aliphatic carbocycles. The molecule has 5 rings (SSSR count). The Morgan fingerprint density at radius 1 is 1.03 bits per heavy atom. The largest absolute Gasteiger partial charge is 0.382 e. The van der Waals surface area contributed by atoms with E-state index in [2.05, 4.69) is 25.9 Å². The van der Waals surface area contributed by atoms with Gasteiger partial charge in [-0.05, 0) is 126 Å². The zero-order chi connectivity index (χ0) is 22.8. The highest BCUT2D eigenvalue weighted by Crippen LogP contribution is 2.66. The van der Waals surface area contributed by atoms with E-state index < -0.39 is 5.60 Å². The van der Waals surface area contributed by atoms with E-state index >= 15 is 0 Å². The van der Waals surface area contributed by atoms with Gasteiger partial charge in [-0.25, -0.2) is 0 Å². The number of nitrogens with zero attached hydrogens (tertiary/aromatic N) is 1. The third kappa shape index (κ3) is 3.23. The lowest BCUT2D eigenvalue weighted by molar-refractivity contribution is -0.155. The summed E-state index contributed by atoms with van der Waals surface area (Å²) >= 11 is 0. The normalized spacial score (nSPS) is 44.1. The van der Waals surface area contributed by atoms with Crippen LogP contribution in [0.4, 0.5) is 0 Å². The summed E-state index contributed by atoms with van der Waals surface area (Å²) in [5.41, 5.74) is 2.95. The van der Waals surface area contributed by atoms with Gasteiger partial charge in [0.05, 0.1) is 0 Å². The molecule has 4 heteroatoms. The van der Waals surface area contributed by atoms with Gasteiger partial charge in [0.15, 0.2) is 11.6 Å². The second-order valence-electron chi connectivity index (χ2n) is 12.0. The molecule has 0 bridgehead atoms. The Kier molecular flexibility index (Phi) is 5.57. The lowest BCUT2D eigenvalue weighted by atomic mass is 9.49. The van der Waals surface area contributed by atoms with Gasteiger partial charge in [-0.15, -0.1) is 0 Å². The Balaban J connectivity index is 1.57. The summed E-state index contributed by atoms with van der Waals surface area (Å²) in [4.78, 5) is 27.3. The second kappa shape index (κ2) is 7.91. The first-order chi connectivity index (χ1) is 15.2. The first kappa shape index (κ1) is 22.5. The molecule has 3 fully saturated rings. The quantitative estimate of drug-likeness (QED) is 0.682. The number of hydrogen-bond acceptors (Lipinski definition) is 4. The number of ketones is 2. The fourth-order valence-electron chi connectivity index (χ4n) is 8.75. The molecule has 176 valence electrons. The predicted molar refractivity (Wildman–Crippen MR) is 126 cm³/mol. The van der Waals surface area contributed by atoms with Crippen LogP contribution in [-0.4, -0.2) is 47.3 Å². The van der Waals surface area contributed by atoms with E-state index in [9.17, 15) is 14.7 Å². The molecule has 0 aliphatic heterocycles. The van der Waals surface area contributed by atoms with Crippen LogP contribution in [-0.2, 0) is 9.59 Å². The minimum atomic E-state index is -1.18. The van der Waals surface area contributed by atoms with Crippen LogP contribution in [0.2, 0.25) is 0 Å². The predicted octanol–water partition coefficient (Wildman–Crippen LogP) is 4.86. The molecule has 4 nitrogen and oxygen atoms in total. The molecule has 5 aliphatic rings. The van der Waals surface area contributed by atoms with Crippen molar-refractivity contribution in [2.75, 3.05) is 14.1 Å². The van der Waals surface area contributed by atoms with Crippen molar-refractivity contribution in [3.8, 4) is 0 Å². The molecule has 3 unspecified atom stereocenters. The number of hydrogen-bond donors (Lipinski definition) is 1. The molecule has 32 heavy (non-hydrogen) atoms. The Bertz CT molecular complexity index is 877. The topological polar surface area (TPSA) is 57.6 Å². The summed E-state index contributed by atoms with van der Waals surface area (Å²) < 4.78 is 0. The van der Waals surface area contributed by atoms with E-state index in [4.69, 9.17) is 0 Å².